The van der Waals surface area contributed by atoms with Crippen LogP contribution in [0.25, 0.3) is 0 Å². The molecule has 10 heteroatoms. The SMILES string of the molecule is CO[C@@]1(c2ccc(Cl)c(Cc3ccc(OCCOC4CC4)cc3)c2)O[C@H](CO[Si](C)(C)C(C)(C)C)[C@@H](OCc2ccccc2)C(OCc2ccccc2)[C@H]1OCc1ccccc1. The number of hydrogen-bond donors (Lipinski definition) is 0. The smallest absolute Gasteiger partial charge is 0.225 e. The van der Waals surface area contributed by atoms with Gasteiger partial charge in [-0.15, -0.1) is 0 Å². The zero-order valence-corrected chi connectivity index (χ0v) is 38.9. The molecule has 5 aromatic rings. The van der Waals surface area contributed by atoms with Crippen LogP contribution in [0.3, 0.4) is 0 Å². The Bertz CT molecular complexity index is 2110. The molecule has 330 valence electrons. The number of halogens is 1. The van der Waals surface area contributed by atoms with E-state index in [2.05, 4.69) is 88.5 Å². The topological polar surface area (TPSA) is 73.8 Å². The highest BCUT2D eigenvalue weighted by atomic mass is 35.5. The first-order valence-electron chi connectivity index (χ1n) is 21.9. The fourth-order valence-corrected chi connectivity index (χ4v) is 8.65. The van der Waals surface area contributed by atoms with Crippen LogP contribution in [0.1, 0.15) is 67.0 Å². The van der Waals surface area contributed by atoms with Crippen LogP contribution >= 0.6 is 11.6 Å². The van der Waals surface area contributed by atoms with Crippen molar-refractivity contribution in [3.63, 3.8) is 0 Å². The average molecular weight is 880 g/mol. The minimum Gasteiger partial charge on any atom is -0.491 e. The lowest BCUT2D eigenvalue weighted by atomic mass is 9.86. The number of rotatable bonds is 21. The molecule has 1 heterocycles. The van der Waals surface area contributed by atoms with E-state index in [1.807, 2.05) is 78.9 Å². The minimum atomic E-state index is -2.27. The highest BCUT2D eigenvalue weighted by molar-refractivity contribution is 6.74. The number of methoxy groups -OCH3 is 1. The molecule has 62 heavy (non-hydrogen) atoms. The quantitative estimate of drug-likeness (QED) is 0.0533. The molecule has 0 aromatic heterocycles. The van der Waals surface area contributed by atoms with Crippen LogP contribution in [0.5, 0.6) is 5.75 Å². The van der Waals surface area contributed by atoms with Crippen LogP contribution in [-0.2, 0) is 64.9 Å². The highest BCUT2D eigenvalue weighted by Crippen LogP contribution is 2.46. The second-order valence-electron chi connectivity index (χ2n) is 17.9. The lowest BCUT2D eigenvalue weighted by Crippen LogP contribution is -2.66. The summed E-state index contributed by atoms with van der Waals surface area (Å²) in [5.41, 5.74) is 5.81. The Morgan fingerprint density at radius 1 is 0.661 bits per heavy atom. The summed E-state index contributed by atoms with van der Waals surface area (Å²) in [5, 5.41) is 0.596. The van der Waals surface area contributed by atoms with E-state index in [-0.39, 0.29) is 18.3 Å². The van der Waals surface area contributed by atoms with Crippen LogP contribution in [0.4, 0.5) is 0 Å². The molecule has 2 aliphatic rings. The van der Waals surface area contributed by atoms with Crippen molar-refractivity contribution < 1.29 is 37.6 Å². The fourth-order valence-electron chi connectivity index (χ4n) is 7.45. The Labute approximate surface area is 374 Å². The van der Waals surface area contributed by atoms with Gasteiger partial charge in [-0.3, -0.25) is 0 Å². The van der Waals surface area contributed by atoms with Crippen molar-refractivity contribution in [2.75, 3.05) is 26.9 Å². The second kappa shape index (κ2) is 21.2. The molecule has 1 aliphatic heterocycles. The molecule has 0 radical (unpaired) electrons. The fraction of sp³-hybridized carbons (Fsp3) is 0.423. The third-order valence-electron chi connectivity index (χ3n) is 12.2. The maximum atomic E-state index is 7.40. The predicted octanol–water partition coefficient (Wildman–Crippen LogP) is 11.5. The molecule has 0 spiro atoms. The van der Waals surface area contributed by atoms with Gasteiger partial charge in [-0.05, 0) is 89.5 Å². The van der Waals surface area contributed by atoms with Gasteiger partial charge in [-0.25, -0.2) is 0 Å². The van der Waals surface area contributed by atoms with Crippen LogP contribution in [0, 0.1) is 0 Å². The standard InChI is InChI=1S/C52H63ClO8Si/c1-51(2,3)62(5,6)60-37-47-48(57-34-39-16-10-7-11-17-39)49(58-35-40-18-12-8-13-19-40)50(59-36-41-20-14-9-15-21-41)52(54-4,61-47)43-24-29-46(53)42(33-43)32-38-22-25-44(26-23-38)55-30-31-56-45-27-28-45/h7-26,29,33,45,47-50H,27-28,30-32,34-37H2,1-6H3/t47-,48-,49?,50-,52+/m1/s1. The summed E-state index contributed by atoms with van der Waals surface area (Å²) in [5.74, 6) is -0.666. The van der Waals surface area contributed by atoms with Crippen molar-refractivity contribution in [2.45, 2.75) is 114 Å². The lowest BCUT2D eigenvalue weighted by molar-refractivity contribution is -0.384. The molecule has 0 amide bonds. The summed E-state index contributed by atoms with van der Waals surface area (Å²) in [7, 11) is -0.594. The third-order valence-corrected chi connectivity index (χ3v) is 17.1. The molecule has 1 saturated heterocycles. The maximum Gasteiger partial charge on any atom is 0.225 e. The maximum absolute atomic E-state index is 7.40. The first-order valence-corrected chi connectivity index (χ1v) is 25.2. The van der Waals surface area contributed by atoms with Crippen molar-refractivity contribution in [3.8, 4) is 5.75 Å². The molecular weight excluding hydrogens is 816 g/mol. The Kier molecular flexibility index (Phi) is 15.8. The summed E-state index contributed by atoms with van der Waals surface area (Å²) in [6, 6.07) is 44.6. The largest absolute Gasteiger partial charge is 0.491 e. The number of benzene rings is 5. The van der Waals surface area contributed by atoms with Crippen LogP contribution in [0.15, 0.2) is 133 Å². The predicted molar refractivity (Wildman–Crippen MR) is 247 cm³/mol. The van der Waals surface area contributed by atoms with E-state index in [9.17, 15) is 0 Å². The van der Waals surface area contributed by atoms with Crippen molar-refractivity contribution >= 4 is 19.9 Å². The molecule has 8 nitrogen and oxygen atoms in total. The Balaban J connectivity index is 1.27. The van der Waals surface area contributed by atoms with E-state index in [1.165, 1.54) is 0 Å². The van der Waals surface area contributed by atoms with E-state index in [0.717, 1.165) is 52.0 Å². The second-order valence-corrected chi connectivity index (χ2v) is 23.1. The summed E-state index contributed by atoms with van der Waals surface area (Å²) < 4.78 is 54.0. The lowest BCUT2D eigenvalue weighted by Gasteiger charge is -2.52. The van der Waals surface area contributed by atoms with Gasteiger partial charge in [0.25, 0.3) is 0 Å². The zero-order valence-electron chi connectivity index (χ0n) is 37.1. The number of hydrogen-bond acceptors (Lipinski definition) is 8. The van der Waals surface area contributed by atoms with Gasteiger partial charge in [0.05, 0.1) is 39.1 Å². The first kappa shape index (κ1) is 46.1. The molecule has 1 saturated carbocycles. The summed E-state index contributed by atoms with van der Waals surface area (Å²) >= 11 is 7.03. The number of ether oxygens (including phenoxy) is 7. The molecular formula is C52H63ClO8Si. The summed E-state index contributed by atoms with van der Waals surface area (Å²) in [6.07, 6.45) is 0.563. The van der Waals surface area contributed by atoms with Crippen LogP contribution in [0.2, 0.25) is 23.2 Å². The van der Waals surface area contributed by atoms with Crippen molar-refractivity contribution in [1.29, 1.82) is 0 Å². The summed E-state index contributed by atoms with van der Waals surface area (Å²) in [4.78, 5) is 0. The van der Waals surface area contributed by atoms with Gasteiger partial charge in [0.2, 0.25) is 5.79 Å². The minimum absolute atomic E-state index is 0.0369. The third kappa shape index (κ3) is 12.0. The molecule has 7 rings (SSSR count). The Hall–Kier alpha value is -3.87. The van der Waals surface area contributed by atoms with Crippen molar-refractivity contribution in [2.24, 2.45) is 0 Å². The van der Waals surface area contributed by atoms with Crippen LogP contribution in [-0.4, -0.2) is 65.8 Å². The van der Waals surface area contributed by atoms with Crippen molar-refractivity contribution in [3.05, 3.63) is 172 Å². The van der Waals surface area contributed by atoms with Gasteiger partial charge in [0.1, 0.15) is 36.8 Å². The molecule has 2 fully saturated rings. The summed E-state index contributed by atoms with van der Waals surface area (Å²) in [6.45, 7) is 13.5. The molecule has 0 bridgehead atoms. The van der Waals surface area contributed by atoms with Crippen LogP contribution < -0.4 is 4.74 Å². The molecule has 5 aromatic carbocycles. The van der Waals surface area contributed by atoms with Gasteiger partial charge < -0.3 is 37.6 Å². The first-order chi connectivity index (χ1) is 29.9. The van der Waals surface area contributed by atoms with E-state index in [0.29, 0.717) is 44.0 Å². The Morgan fingerprint density at radius 2 is 1.23 bits per heavy atom. The van der Waals surface area contributed by atoms with E-state index in [1.54, 1.807) is 7.11 Å². The van der Waals surface area contributed by atoms with Gasteiger partial charge >= 0.3 is 0 Å². The van der Waals surface area contributed by atoms with Gasteiger partial charge in [0.15, 0.2) is 8.32 Å². The highest BCUT2D eigenvalue weighted by Gasteiger charge is 2.59. The average Bonchev–Trinajstić information content (AvgIpc) is 4.12. The van der Waals surface area contributed by atoms with E-state index in [4.69, 9.17) is 49.2 Å². The molecule has 0 N–H and O–H groups in total. The van der Waals surface area contributed by atoms with E-state index < -0.39 is 38.5 Å². The van der Waals surface area contributed by atoms with Gasteiger partial charge in [-0.2, -0.15) is 0 Å². The van der Waals surface area contributed by atoms with Gasteiger partial charge in [0, 0.05) is 17.7 Å². The molecule has 5 atom stereocenters. The zero-order chi connectivity index (χ0) is 43.6. The van der Waals surface area contributed by atoms with Crippen molar-refractivity contribution in [1.82, 2.24) is 0 Å². The van der Waals surface area contributed by atoms with Gasteiger partial charge in [-0.1, -0.05) is 142 Å². The monoisotopic (exact) mass is 878 g/mol. The molecule has 1 aliphatic carbocycles. The Morgan fingerprint density at radius 3 is 1.77 bits per heavy atom. The normalized spacial score (nSPS) is 21.8. The van der Waals surface area contributed by atoms with E-state index >= 15 is 0 Å². The molecule has 1 unspecified atom stereocenters.